The highest BCUT2D eigenvalue weighted by molar-refractivity contribution is 7.14. The minimum atomic E-state index is -0.139. The highest BCUT2D eigenvalue weighted by atomic mass is 32.1. The van der Waals surface area contributed by atoms with E-state index in [4.69, 9.17) is 9.15 Å². The molecule has 0 aliphatic rings. The van der Waals surface area contributed by atoms with Gasteiger partial charge < -0.3 is 14.5 Å². The molecule has 0 radical (unpaired) electrons. The number of carbonyl (C=O) groups is 1. The van der Waals surface area contributed by atoms with Crippen LogP contribution in [0.25, 0.3) is 22.4 Å². The van der Waals surface area contributed by atoms with Crippen LogP contribution in [0.15, 0.2) is 64.4 Å². The molecule has 5 nitrogen and oxygen atoms in total. The zero-order valence-corrected chi connectivity index (χ0v) is 14.9. The van der Waals surface area contributed by atoms with Gasteiger partial charge in [-0.15, -0.1) is 11.3 Å². The van der Waals surface area contributed by atoms with E-state index in [0.717, 1.165) is 16.5 Å². The quantitative estimate of drug-likeness (QED) is 0.555. The molecule has 2 heterocycles. The Balaban J connectivity index is 1.48. The highest BCUT2D eigenvalue weighted by Crippen LogP contribution is 2.30. The van der Waals surface area contributed by atoms with E-state index in [1.807, 2.05) is 60.0 Å². The number of anilines is 1. The highest BCUT2D eigenvalue weighted by Gasteiger charge is 2.13. The first-order chi connectivity index (χ1) is 12.7. The standard InChI is InChI=1S/C20H16N2O3S/c1-24-16-8-4-2-7-14(16)11-19(23)22-20-21-15(12-26-20)18-10-13-6-3-5-9-17(13)25-18/h2-10,12H,11H2,1H3,(H,21,22,23). The first-order valence-corrected chi connectivity index (χ1v) is 8.97. The topological polar surface area (TPSA) is 64.4 Å². The third kappa shape index (κ3) is 3.32. The summed E-state index contributed by atoms with van der Waals surface area (Å²) in [7, 11) is 1.59. The summed E-state index contributed by atoms with van der Waals surface area (Å²) in [5, 5.41) is 6.28. The van der Waals surface area contributed by atoms with Crippen LogP contribution in [-0.2, 0) is 11.2 Å². The van der Waals surface area contributed by atoms with Gasteiger partial charge in [0.25, 0.3) is 0 Å². The lowest BCUT2D eigenvalue weighted by atomic mass is 10.1. The van der Waals surface area contributed by atoms with E-state index in [9.17, 15) is 4.79 Å². The van der Waals surface area contributed by atoms with Crippen LogP contribution in [0.1, 0.15) is 5.56 Å². The molecule has 0 aliphatic carbocycles. The maximum Gasteiger partial charge on any atom is 0.230 e. The zero-order chi connectivity index (χ0) is 17.9. The third-order valence-corrected chi connectivity index (χ3v) is 4.73. The first-order valence-electron chi connectivity index (χ1n) is 8.09. The molecule has 4 aromatic rings. The Morgan fingerprint density at radius 1 is 1.19 bits per heavy atom. The molecule has 0 aliphatic heterocycles. The van der Waals surface area contributed by atoms with Crippen LogP contribution in [0.2, 0.25) is 0 Å². The molecule has 0 atom stereocenters. The van der Waals surface area contributed by atoms with Crippen LogP contribution < -0.4 is 10.1 Å². The van der Waals surface area contributed by atoms with Crippen molar-refractivity contribution in [2.45, 2.75) is 6.42 Å². The van der Waals surface area contributed by atoms with Gasteiger partial charge in [0, 0.05) is 16.3 Å². The second-order valence-electron chi connectivity index (χ2n) is 5.72. The van der Waals surface area contributed by atoms with Crippen LogP contribution >= 0.6 is 11.3 Å². The minimum absolute atomic E-state index is 0.139. The molecule has 0 unspecified atom stereocenters. The van der Waals surface area contributed by atoms with E-state index in [2.05, 4.69) is 10.3 Å². The van der Waals surface area contributed by atoms with Gasteiger partial charge in [0.2, 0.25) is 5.91 Å². The number of thiazole rings is 1. The average Bonchev–Trinajstić information content (AvgIpc) is 3.28. The molecular weight excluding hydrogens is 348 g/mol. The van der Waals surface area contributed by atoms with Gasteiger partial charge in [0.15, 0.2) is 10.9 Å². The lowest BCUT2D eigenvalue weighted by molar-refractivity contribution is -0.115. The second kappa shape index (κ2) is 7.01. The predicted octanol–water partition coefficient (Wildman–Crippen LogP) is 4.75. The summed E-state index contributed by atoms with van der Waals surface area (Å²) in [5.41, 5.74) is 2.36. The number of fused-ring (bicyclic) bond motifs is 1. The second-order valence-corrected chi connectivity index (χ2v) is 6.58. The fraction of sp³-hybridized carbons (Fsp3) is 0.100. The number of furan rings is 1. The Labute approximate surface area is 154 Å². The number of nitrogens with one attached hydrogen (secondary N) is 1. The number of hydrogen-bond donors (Lipinski definition) is 1. The van der Waals surface area contributed by atoms with E-state index in [-0.39, 0.29) is 12.3 Å². The van der Waals surface area contributed by atoms with Crippen molar-refractivity contribution in [2.24, 2.45) is 0 Å². The fourth-order valence-electron chi connectivity index (χ4n) is 2.74. The Kier molecular flexibility index (Phi) is 4.41. The molecular formula is C20H16N2O3S. The van der Waals surface area contributed by atoms with Crippen molar-refractivity contribution in [2.75, 3.05) is 12.4 Å². The van der Waals surface area contributed by atoms with Gasteiger partial charge in [-0.1, -0.05) is 36.4 Å². The lowest BCUT2D eigenvalue weighted by Gasteiger charge is -2.07. The normalized spacial score (nSPS) is 10.8. The van der Waals surface area contributed by atoms with Crippen molar-refractivity contribution in [3.8, 4) is 17.2 Å². The molecule has 1 amide bonds. The number of ether oxygens (including phenoxy) is 1. The molecule has 2 aromatic heterocycles. The summed E-state index contributed by atoms with van der Waals surface area (Å²) in [6.07, 6.45) is 0.226. The van der Waals surface area contributed by atoms with E-state index >= 15 is 0 Å². The van der Waals surface area contributed by atoms with Crippen LogP contribution in [0, 0.1) is 0 Å². The van der Waals surface area contributed by atoms with Crippen molar-refractivity contribution in [3.05, 3.63) is 65.5 Å². The number of methoxy groups -OCH3 is 1. The van der Waals surface area contributed by atoms with E-state index in [1.165, 1.54) is 11.3 Å². The van der Waals surface area contributed by atoms with Crippen molar-refractivity contribution in [1.82, 2.24) is 4.98 Å². The molecule has 0 saturated heterocycles. The van der Waals surface area contributed by atoms with E-state index in [0.29, 0.717) is 22.3 Å². The summed E-state index contributed by atoms with van der Waals surface area (Å²) >= 11 is 1.37. The molecule has 6 heteroatoms. The largest absolute Gasteiger partial charge is 0.496 e. The van der Waals surface area contributed by atoms with Crippen molar-refractivity contribution >= 4 is 33.3 Å². The third-order valence-electron chi connectivity index (χ3n) is 3.97. The number of carbonyl (C=O) groups excluding carboxylic acids is 1. The molecule has 4 rings (SSSR count). The van der Waals surface area contributed by atoms with Gasteiger partial charge in [0.1, 0.15) is 17.0 Å². The van der Waals surface area contributed by atoms with Gasteiger partial charge in [-0.2, -0.15) is 0 Å². The summed E-state index contributed by atoms with van der Waals surface area (Å²) in [6.45, 7) is 0. The van der Waals surface area contributed by atoms with Crippen molar-refractivity contribution in [3.63, 3.8) is 0 Å². The maximum atomic E-state index is 12.3. The van der Waals surface area contributed by atoms with E-state index < -0.39 is 0 Å². The number of para-hydroxylation sites is 2. The Bertz CT molecular complexity index is 1030. The number of aromatic nitrogens is 1. The maximum absolute atomic E-state index is 12.3. The molecule has 2 aromatic carbocycles. The molecule has 0 spiro atoms. The summed E-state index contributed by atoms with van der Waals surface area (Å²) in [4.78, 5) is 16.8. The SMILES string of the molecule is COc1ccccc1CC(=O)Nc1nc(-c2cc3ccccc3o2)cs1. The molecule has 130 valence electrons. The van der Waals surface area contributed by atoms with Crippen LogP contribution in [0.3, 0.4) is 0 Å². The van der Waals surface area contributed by atoms with Gasteiger partial charge in [-0.25, -0.2) is 4.98 Å². The zero-order valence-electron chi connectivity index (χ0n) is 14.1. The van der Waals surface area contributed by atoms with Gasteiger partial charge >= 0.3 is 0 Å². The van der Waals surface area contributed by atoms with Crippen molar-refractivity contribution < 1.29 is 13.9 Å². The van der Waals surface area contributed by atoms with Crippen molar-refractivity contribution in [1.29, 1.82) is 0 Å². The fourth-order valence-corrected chi connectivity index (χ4v) is 3.45. The molecule has 0 fully saturated rings. The number of benzene rings is 2. The van der Waals surface area contributed by atoms with Gasteiger partial charge in [-0.3, -0.25) is 4.79 Å². The number of nitrogens with zero attached hydrogens (tertiary/aromatic N) is 1. The monoisotopic (exact) mass is 364 g/mol. The molecule has 0 bridgehead atoms. The van der Waals surface area contributed by atoms with Crippen LogP contribution in [-0.4, -0.2) is 18.0 Å². The summed E-state index contributed by atoms with van der Waals surface area (Å²) in [6, 6.07) is 17.2. The van der Waals surface area contributed by atoms with Gasteiger partial charge in [-0.05, 0) is 18.2 Å². The Hall–Kier alpha value is -3.12. The number of amides is 1. The first kappa shape index (κ1) is 16.4. The molecule has 1 N–H and O–H groups in total. The number of hydrogen-bond acceptors (Lipinski definition) is 5. The van der Waals surface area contributed by atoms with Crippen LogP contribution in [0.5, 0.6) is 5.75 Å². The smallest absolute Gasteiger partial charge is 0.230 e. The van der Waals surface area contributed by atoms with Crippen LogP contribution in [0.4, 0.5) is 5.13 Å². The Morgan fingerprint density at radius 2 is 2.00 bits per heavy atom. The van der Waals surface area contributed by atoms with E-state index in [1.54, 1.807) is 7.11 Å². The summed E-state index contributed by atoms with van der Waals surface area (Å²) < 4.78 is 11.1. The molecule has 0 saturated carbocycles. The minimum Gasteiger partial charge on any atom is -0.496 e. The predicted molar refractivity (Wildman–Crippen MR) is 103 cm³/mol. The Morgan fingerprint density at radius 3 is 2.85 bits per heavy atom. The number of rotatable bonds is 5. The molecule has 26 heavy (non-hydrogen) atoms. The van der Waals surface area contributed by atoms with Gasteiger partial charge in [0.05, 0.1) is 13.5 Å². The average molecular weight is 364 g/mol. The summed E-state index contributed by atoms with van der Waals surface area (Å²) in [5.74, 6) is 1.25. The lowest BCUT2D eigenvalue weighted by Crippen LogP contribution is -2.14.